The molecule has 1 aliphatic heterocycles. The van der Waals surface area contributed by atoms with Crippen molar-refractivity contribution >= 4 is 17.5 Å². The Bertz CT molecular complexity index is 918. The van der Waals surface area contributed by atoms with Crippen molar-refractivity contribution in [3.05, 3.63) is 64.9 Å². The molecule has 1 aliphatic carbocycles. The molecule has 1 aromatic carbocycles. The predicted octanol–water partition coefficient (Wildman–Crippen LogP) is 2.81. The number of benzene rings is 1. The van der Waals surface area contributed by atoms with Crippen LogP contribution in [-0.2, 0) is 9.53 Å². The van der Waals surface area contributed by atoms with Crippen LogP contribution in [0.25, 0.3) is 0 Å². The minimum absolute atomic E-state index is 0.277. The molecule has 26 heavy (non-hydrogen) atoms. The van der Waals surface area contributed by atoms with Gasteiger partial charge in [-0.2, -0.15) is 8.78 Å². The fourth-order valence-corrected chi connectivity index (χ4v) is 2.37. The topological polar surface area (TPSA) is 65.0 Å². The fourth-order valence-electron chi connectivity index (χ4n) is 2.37. The molecule has 134 valence electrons. The summed E-state index contributed by atoms with van der Waals surface area (Å²) in [4.78, 5) is 27.9. The second-order valence-corrected chi connectivity index (χ2v) is 5.16. The summed E-state index contributed by atoms with van der Waals surface area (Å²) in [5.41, 5.74) is -1.79. The number of allylic oxidation sites excluding steroid dienone is 3. The van der Waals surface area contributed by atoms with Gasteiger partial charge in [0.2, 0.25) is 11.6 Å². The van der Waals surface area contributed by atoms with Crippen molar-refractivity contribution in [3.63, 3.8) is 0 Å². The third kappa shape index (κ3) is 2.81. The molecule has 1 unspecified atom stereocenters. The van der Waals surface area contributed by atoms with E-state index in [4.69, 9.17) is 4.74 Å². The average molecular weight is 367 g/mol. The number of halogens is 4. The number of ether oxygens (including phenoxy) is 2. The van der Waals surface area contributed by atoms with Crippen LogP contribution in [0.2, 0.25) is 0 Å². The van der Waals surface area contributed by atoms with Gasteiger partial charge in [0.25, 0.3) is 0 Å². The van der Waals surface area contributed by atoms with Gasteiger partial charge < -0.3 is 9.47 Å². The summed E-state index contributed by atoms with van der Waals surface area (Å²) in [6.07, 6.45) is 5.95. The van der Waals surface area contributed by atoms with Crippen molar-refractivity contribution < 1.29 is 36.6 Å². The molecule has 2 aliphatic rings. The number of hydrogen-bond acceptors (Lipinski definition) is 5. The monoisotopic (exact) mass is 367 g/mol. The van der Waals surface area contributed by atoms with Crippen LogP contribution in [0.3, 0.4) is 0 Å². The van der Waals surface area contributed by atoms with E-state index in [1.54, 1.807) is 12.2 Å². The third-order valence-electron chi connectivity index (χ3n) is 3.59. The Balaban J connectivity index is 2.06. The molecule has 0 saturated heterocycles. The van der Waals surface area contributed by atoms with E-state index in [0.717, 1.165) is 7.11 Å². The molecule has 0 spiro atoms. The maximum atomic E-state index is 14.0. The van der Waals surface area contributed by atoms with Gasteiger partial charge >= 0.3 is 5.97 Å². The van der Waals surface area contributed by atoms with Crippen molar-refractivity contribution in [2.24, 2.45) is 4.99 Å². The molecule has 5 nitrogen and oxygen atoms in total. The number of hydrogen-bond donors (Lipinski definition) is 0. The zero-order chi connectivity index (χ0) is 19.0. The number of methoxy groups -OCH3 is 1. The molecule has 0 saturated carbocycles. The SMILES string of the molecule is COc1c(F)c(F)c(C(=O)/C=C2\N=C3C=CC=CC3OC2=O)c(F)c1F. The van der Waals surface area contributed by atoms with Gasteiger partial charge in [-0.3, -0.25) is 4.79 Å². The van der Waals surface area contributed by atoms with E-state index in [9.17, 15) is 27.2 Å². The first kappa shape index (κ1) is 17.6. The highest BCUT2D eigenvalue weighted by Crippen LogP contribution is 2.30. The van der Waals surface area contributed by atoms with Crippen LogP contribution < -0.4 is 4.74 Å². The van der Waals surface area contributed by atoms with Crippen LogP contribution in [0, 0.1) is 23.3 Å². The molecule has 0 N–H and O–H groups in total. The lowest BCUT2D eigenvalue weighted by atomic mass is 10.1. The summed E-state index contributed by atoms with van der Waals surface area (Å²) < 4.78 is 64.6. The molecule has 0 radical (unpaired) electrons. The molecule has 0 aromatic heterocycles. The summed E-state index contributed by atoms with van der Waals surface area (Å²) in [6.45, 7) is 0. The summed E-state index contributed by atoms with van der Waals surface area (Å²) in [7, 11) is 0.806. The van der Waals surface area contributed by atoms with Gasteiger partial charge in [-0.25, -0.2) is 18.6 Å². The standard InChI is InChI=1S/C17H9F4NO4/c1-25-16-14(20)12(18)11(13(19)15(16)21)9(23)6-8-17(24)26-10-5-3-2-4-7(10)22-8/h2-6,10H,1H3/b8-6-. The Kier molecular flexibility index (Phi) is 4.45. The molecule has 9 heteroatoms. The van der Waals surface area contributed by atoms with Crippen LogP contribution in [-0.4, -0.2) is 30.7 Å². The number of nitrogens with zero attached hydrogens (tertiary/aromatic N) is 1. The number of carbonyl (C=O) groups excluding carboxylic acids is 2. The average Bonchev–Trinajstić information content (AvgIpc) is 2.61. The van der Waals surface area contributed by atoms with Crippen LogP contribution >= 0.6 is 0 Å². The molecule has 3 rings (SSSR count). The number of esters is 1. The van der Waals surface area contributed by atoms with E-state index in [0.29, 0.717) is 6.08 Å². The highest BCUT2D eigenvalue weighted by molar-refractivity contribution is 6.13. The molecule has 0 amide bonds. The summed E-state index contributed by atoms with van der Waals surface area (Å²) in [6, 6.07) is 0. The number of fused-ring (bicyclic) bond motifs is 1. The Labute approximate surface area is 143 Å². The Hall–Kier alpha value is -3.23. The summed E-state index contributed by atoms with van der Waals surface area (Å²) in [5, 5.41) is 0. The second-order valence-electron chi connectivity index (χ2n) is 5.16. The smallest absolute Gasteiger partial charge is 0.358 e. The first-order chi connectivity index (χ1) is 12.3. The van der Waals surface area contributed by atoms with E-state index in [1.165, 1.54) is 12.2 Å². The molecule has 1 atom stereocenters. The minimum atomic E-state index is -1.95. The van der Waals surface area contributed by atoms with Gasteiger partial charge in [-0.15, -0.1) is 0 Å². The van der Waals surface area contributed by atoms with Gasteiger partial charge in [0, 0.05) is 6.08 Å². The lowest BCUT2D eigenvalue weighted by molar-refractivity contribution is -0.140. The molecule has 0 bridgehead atoms. The predicted molar refractivity (Wildman–Crippen MR) is 80.8 cm³/mol. The molecular formula is C17H9F4NO4. The van der Waals surface area contributed by atoms with E-state index < -0.39 is 58.1 Å². The van der Waals surface area contributed by atoms with Gasteiger partial charge in [-0.05, 0) is 12.2 Å². The van der Waals surface area contributed by atoms with E-state index in [1.807, 2.05) is 0 Å². The fraction of sp³-hybridized carbons (Fsp3) is 0.118. The first-order valence-electron chi connectivity index (χ1n) is 7.15. The van der Waals surface area contributed by atoms with E-state index in [-0.39, 0.29) is 5.71 Å². The molecule has 1 aromatic rings. The lowest BCUT2D eigenvalue weighted by Gasteiger charge is -2.21. The number of rotatable bonds is 3. The first-order valence-corrected chi connectivity index (χ1v) is 7.15. The van der Waals surface area contributed by atoms with Crippen LogP contribution in [0.1, 0.15) is 10.4 Å². The summed E-state index contributed by atoms with van der Waals surface area (Å²) in [5.74, 6) is -11.5. The normalized spacial score (nSPS) is 19.9. The number of ketones is 1. The Morgan fingerprint density at radius 2 is 1.81 bits per heavy atom. The quantitative estimate of drug-likeness (QED) is 0.271. The minimum Gasteiger partial charge on any atom is -0.491 e. The zero-order valence-corrected chi connectivity index (χ0v) is 13.1. The van der Waals surface area contributed by atoms with Crippen molar-refractivity contribution in [2.45, 2.75) is 6.10 Å². The zero-order valence-electron chi connectivity index (χ0n) is 13.1. The highest BCUT2D eigenvalue weighted by atomic mass is 19.2. The number of carbonyl (C=O) groups is 2. The van der Waals surface area contributed by atoms with Gasteiger partial charge in [-0.1, -0.05) is 12.2 Å². The lowest BCUT2D eigenvalue weighted by Crippen LogP contribution is -2.31. The Morgan fingerprint density at radius 3 is 2.42 bits per heavy atom. The highest BCUT2D eigenvalue weighted by Gasteiger charge is 2.32. The van der Waals surface area contributed by atoms with Crippen LogP contribution in [0.15, 0.2) is 41.1 Å². The van der Waals surface area contributed by atoms with Gasteiger partial charge in [0.15, 0.2) is 35.0 Å². The van der Waals surface area contributed by atoms with Crippen molar-refractivity contribution in [1.29, 1.82) is 0 Å². The molecule has 1 heterocycles. The van der Waals surface area contributed by atoms with Crippen molar-refractivity contribution in [1.82, 2.24) is 0 Å². The Morgan fingerprint density at radius 1 is 1.15 bits per heavy atom. The molecular weight excluding hydrogens is 358 g/mol. The van der Waals surface area contributed by atoms with Crippen LogP contribution in [0.5, 0.6) is 5.75 Å². The van der Waals surface area contributed by atoms with Gasteiger partial charge in [0.1, 0.15) is 0 Å². The number of aliphatic imine (C=N–C) groups is 1. The summed E-state index contributed by atoms with van der Waals surface area (Å²) >= 11 is 0. The third-order valence-corrected chi connectivity index (χ3v) is 3.59. The molecule has 0 fully saturated rings. The second kappa shape index (κ2) is 6.58. The maximum absolute atomic E-state index is 14.0. The maximum Gasteiger partial charge on any atom is 0.358 e. The van der Waals surface area contributed by atoms with Crippen LogP contribution in [0.4, 0.5) is 17.6 Å². The largest absolute Gasteiger partial charge is 0.491 e. The van der Waals surface area contributed by atoms with Crippen molar-refractivity contribution in [2.75, 3.05) is 7.11 Å². The van der Waals surface area contributed by atoms with Crippen molar-refractivity contribution in [3.8, 4) is 5.75 Å². The van der Waals surface area contributed by atoms with E-state index >= 15 is 0 Å². The van der Waals surface area contributed by atoms with Gasteiger partial charge in [0.05, 0.1) is 18.4 Å². The van der Waals surface area contributed by atoms with E-state index in [2.05, 4.69) is 9.73 Å².